The Balaban J connectivity index is 0.00000504. The number of aromatic nitrogens is 1. The number of ether oxygens (including phenoxy) is 2. The molecular weight excluding hydrogens is 664 g/mol. The number of halogens is 1. The van der Waals surface area contributed by atoms with Crippen molar-refractivity contribution < 1.29 is 24.2 Å². The van der Waals surface area contributed by atoms with Crippen molar-refractivity contribution in [2.24, 2.45) is 0 Å². The predicted octanol–water partition coefficient (Wildman–Crippen LogP) is 7.54. The number of benzene rings is 4. The predicted molar refractivity (Wildman–Crippen MR) is 206 cm³/mol. The zero-order valence-electron chi connectivity index (χ0n) is 29.3. The largest absolute Gasteiger partial charge is 0.495 e. The van der Waals surface area contributed by atoms with E-state index >= 15 is 0 Å². The SMILES string of the molecule is CCc1ccc(CNc2ccc(C(=O)c3cn(CCCC(=O)O)c4ccccc34)cc2OCCN2CCN(c3ccccc3OC)CC2)cc1.Cl. The summed E-state index contributed by atoms with van der Waals surface area (Å²) in [6, 6.07) is 30.1. The number of carboxylic acid groups (broad SMARTS) is 1. The van der Waals surface area contributed by atoms with E-state index in [1.807, 2.05) is 71.4 Å². The Kier molecular flexibility index (Phi) is 13.0. The van der Waals surface area contributed by atoms with Gasteiger partial charge in [0.2, 0.25) is 0 Å². The highest BCUT2D eigenvalue weighted by Gasteiger charge is 2.21. The van der Waals surface area contributed by atoms with Crippen LogP contribution in [0, 0.1) is 0 Å². The molecule has 0 saturated carbocycles. The van der Waals surface area contributed by atoms with Crippen molar-refractivity contribution in [3.05, 3.63) is 119 Å². The van der Waals surface area contributed by atoms with Crippen LogP contribution in [0.1, 0.15) is 46.8 Å². The van der Waals surface area contributed by atoms with Crippen LogP contribution in [-0.4, -0.2) is 72.8 Å². The summed E-state index contributed by atoms with van der Waals surface area (Å²) in [5.41, 5.74) is 6.46. The summed E-state index contributed by atoms with van der Waals surface area (Å²) in [7, 11) is 1.71. The maximum absolute atomic E-state index is 14.1. The number of para-hydroxylation sites is 3. The number of nitrogens with one attached hydrogen (secondary N) is 1. The molecule has 10 heteroatoms. The minimum Gasteiger partial charge on any atom is -0.495 e. The van der Waals surface area contributed by atoms with E-state index in [1.54, 1.807) is 7.11 Å². The second kappa shape index (κ2) is 17.8. The highest BCUT2D eigenvalue weighted by Crippen LogP contribution is 2.31. The summed E-state index contributed by atoms with van der Waals surface area (Å²) in [6.07, 6.45) is 3.41. The van der Waals surface area contributed by atoms with Crippen LogP contribution in [0.2, 0.25) is 0 Å². The Labute approximate surface area is 306 Å². The molecule has 9 nitrogen and oxygen atoms in total. The molecule has 0 atom stereocenters. The topological polar surface area (TPSA) is 96.3 Å². The third-order valence-electron chi connectivity index (χ3n) is 9.44. The molecule has 0 spiro atoms. The molecule has 1 fully saturated rings. The third kappa shape index (κ3) is 9.22. The minimum atomic E-state index is -0.827. The smallest absolute Gasteiger partial charge is 0.303 e. The van der Waals surface area contributed by atoms with E-state index in [9.17, 15) is 9.59 Å². The van der Waals surface area contributed by atoms with E-state index < -0.39 is 5.97 Å². The molecule has 2 N–H and O–H groups in total. The number of aryl methyl sites for hydroxylation is 2. The first-order valence-corrected chi connectivity index (χ1v) is 17.5. The van der Waals surface area contributed by atoms with E-state index in [1.165, 1.54) is 5.56 Å². The van der Waals surface area contributed by atoms with Crippen LogP contribution < -0.4 is 19.7 Å². The van der Waals surface area contributed by atoms with Crippen molar-refractivity contribution in [3.63, 3.8) is 0 Å². The Bertz CT molecular complexity index is 1920. The molecule has 0 bridgehead atoms. The molecule has 1 aliphatic heterocycles. The number of rotatable bonds is 16. The first-order valence-electron chi connectivity index (χ1n) is 17.5. The van der Waals surface area contributed by atoms with Crippen LogP contribution in [0.4, 0.5) is 11.4 Å². The van der Waals surface area contributed by atoms with E-state index in [0.717, 1.165) is 72.7 Å². The summed E-state index contributed by atoms with van der Waals surface area (Å²) in [5.74, 6) is 0.603. The van der Waals surface area contributed by atoms with Crippen molar-refractivity contribution in [2.75, 3.05) is 56.7 Å². The number of hydrogen-bond acceptors (Lipinski definition) is 7. The first-order chi connectivity index (χ1) is 24.4. The number of piperazine rings is 1. The standard InChI is InChI=1S/C41H46N4O5.ClH/c1-3-30-14-16-31(17-15-30)28-42-35-19-18-32(41(48)34-29-45(20-8-13-40(46)47)36-10-5-4-9-33(34)36)27-39(35)50-26-25-43-21-23-44(24-22-43)37-11-6-7-12-38(37)49-2;/h4-7,9-12,14-19,27,29,42H,3,8,13,20-26,28H2,1-2H3,(H,46,47);1H. The fraction of sp³-hybridized carbons (Fsp3) is 0.317. The molecule has 4 aromatic carbocycles. The number of carbonyl (C=O) groups is 2. The Morgan fingerprint density at radius 2 is 1.57 bits per heavy atom. The second-order valence-corrected chi connectivity index (χ2v) is 12.7. The molecule has 1 aliphatic rings. The number of methoxy groups -OCH3 is 1. The maximum atomic E-state index is 14.1. The summed E-state index contributed by atoms with van der Waals surface area (Å²) < 4.78 is 14.0. The van der Waals surface area contributed by atoms with E-state index in [4.69, 9.17) is 14.6 Å². The van der Waals surface area contributed by atoms with Crippen molar-refractivity contribution in [3.8, 4) is 11.5 Å². The number of nitrogens with zero attached hydrogens (tertiary/aromatic N) is 3. The molecule has 51 heavy (non-hydrogen) atoms. The molecule has 268 valence electrons. The molecule has 0 amide bonds. The van der Waals surface area contributed by atoms with Gasteiger partial charge < -0.3 is 29.4 Å². The van der Waals surface area contributed by atoms with Gasteiger partial charge in [0.05, 0.1) is 18.5 Å². The van der Waals surface area contributed by atoms with Crippen LogP contribution in [0.3, 0.4) is 0 Å². The minimum absolute atomic E-state index is 0. The summed E-state index contributed by atoms with van der Waals surface area (Å²) in [6.45, 7) is 8.17. The number of anilines is 2. The third-order valence-corrected chi connectivity index (χ3v) is 9.44. The molecule has 0 radical (unpaired) electrons. The average Bonchev–Trinajstić information content (AvgIpc) is 3.52. The Hall–Kier alpha value is -4.99. The van der Waals surface area contributed by atoms with Crippen LogP contribution >= 0.6 is 12.4 Å². The van der Waals surface area contributed by atoms with Crippen LogP contribution in [0.5, 0.6) is 11.5 Å². The molecule has 2 heterocycles. The number of carbonyl (C=O) groups excluding carboxylic acids is 1. The zero-order valence-corrected chi connectivity index (χ0v) is 30.2. The Morgan fingerprint density at radius 3 is 2.31 bits per heavy atom. The van der Waals surface area contributed by atoms with Gasteiger partial charge in [-0.25, -0.2) is 0 Å². The molecular formula is C41H47ClN4O5. The zero-order chi connectivity index (χ0) is 34.9. The molecule has 5 aromatic rings. The van der Waals surface area contributed by atoms with Gasteiger partial charge in [0.1, 0.15) is 18.1 Å². The quantitative estimate of drug-likeness (QED) is 0.101. The number of carboxylic acids is 1. The summed E-state index contributed by atoms with van der Waals surface area (Å²) in [4.78, 5) is 30.0. The van der Waals surface area contributed by atoms with Gasteiger partial charge in [0.25, 0.3) is 0 Å². The van der Waals surface area contributed by atoms with Gasteiger partial charge in [-0.05, 0) is 60.4 Å². The van der Waals surface area contributed by atoms with Crippen molar-refractivity contribution in [1.29, 1.82) is 0 Å². The van der Waals surface area contributed by atoms with Crippen LogP contribution in [0.25, 0.3) is 10.9 Å². The lowest BCUT2D eigenvalue weighted by Crippen LogP contribution is -2.47. The monoisotopic (exact) mass is 710 g/mol. The van der Waals surface area contributed by atoms with Gasteiger partial charge in [-0.1, -0.05) is 61.5 Å². The fourth-order valence-corrected chi connectivity index (χ4v) is 6.58. The number of ketones is 1. The van der Waals surface area contributed by atoms with Crippen LogP contribution in [0.15, 0.2) is 97.2 Å². The maximum Gasteiger partial charge on any atom is 0.303 e. The molecule has 6 rings (SSSR count). The van der Waals surface area contributed by atoms with E-state index in [-0.39, 0.29) is 24.6 Å². The fourth-order valence-electron chi connectivity index (χ4n) is 6.58. The summed E-state index contributed by atoms with van der Waals surface area (Å²) in [5, 5.41) is 13.5. The molecule has 0 unspecified atom stereocenters. The van der Waals surface area contributed by atoms with Crippen LogP contribution in [-0.2, 0) is 24.3 Å². The van der Waals surface area contributed by atoms with Gasteiger partial charge in [-0.2, -0.15) is 0 Å². The lowest BCUT2D eigenvalue weighted by molar-refractivity contribution is -0.137. The van der Waals surface area contributed by atoms with Gasteiger partial charge >= 0.3 is 5.97 Å². The average molecular weight is 711 g/mol. The van der Waals surface area contributed by atoms with Crippen molar-refractivity contribution in [1.82, 2.24) is 9.47 Å². The van der Waals surface area contributed by atoms with E-state index in [0.29, 0.717) is 43.0 Å². The highest BCUT2D eigenvalue weighted by atomic mass is 35.5. The second-order valence-electron chi connectivity index (χ2n) is 12.7. The van der Waals surface area contributed by atoms with Gasteiger partial charge in [-0.15, -0.1) is 12.4 Å². The summed E-state index contributed by atoms with van der Waals surface area (Å²) >= 11 is 0. The highest BCUT2D eigenvalue weighted by molar-refractivity contribution is 6.16. The number of fused-ring (bicyclic) bond motifs is 1. The number of aliphatic carboxylic acids is 1. The normalized spacial score (nSPS) is 13.1. The van der Waals surface area contributed by atoms with Crippen molar-refractivity contribution in [2.45, 2.75) is 39.3 Å². The first kappa shape index (κ1) is 37.3. The number of hydrogen-bond donors (Lipinski definition) is 2. The van der Waals surface area contributed by atoms with Gasteiger partial charge in [-0.3, -0.25) is 14.5 Å². The molecule has 0 aliphatic carbocycles. The Morgan fingerprint density at radius 1 is 0.843 bits per heavy atom. The lowest BCUT2D eigenvalue weighted by atomic mass is 10.0. The van der Waals surface area contributed by atoms with Gasteiger partial charge in [0.15, 0.2) is 5.78 Å². The van der Waals surface area contributed by atoms with Gasteiger partial charge in [0, 0.05) is 80.5 Å². The lowest BCUT2D eigenvalue weighted by Gasteiger charge is -2.36. The molecule has 1 saturated heterocycles. The van der Waals surface area contributed by atoms with E-state index in [2.05, 4.69) is 52.4 Å². The van der Waals surface area contributed by atoms with Crippen molar-refractivity contribution >= 4 is 46.4 Å². The molecule has 1 aromatic heterocycles.